The lowest BCUT2D eigenvalue weighted by molar-refractivity contribution is 0.0839. The number of nitrogens with zero attached hydrogens (tertiary/aromatic N) is 1. The average molecular weight is 248 g/mol. The first-order chi connectivity index (χ1) is 8.55. The molecular weight excluding hydrogens is 224 g/mol. The summed E-state index contributed by atoms with van der Waals surface area (Å²) in [5.74, 6) is 0. The summed E-state index contributed by atoms with van der Waals surface area (Å²) in [6.07, 6.45) is 1.94. The highest BCUT2D eigenvalue weighted by Crippen LogP contribution is 2.27. The largest absolute Gasteiger partial charge is 0.388 e. The van der Waals surface area contributed by atoms with Gasteiger partial charge in [0.15, 0.2) is 0 Å². The zero-order valence-corrected chi connectivity index (χ0v) is 11.6. The van der Waals surface area contributed by atoms with E-state index in [-0.39, 0.29) is 0 Å². The summed E-state index contributed by atoms with van der Waals surface area (Å²) in [5.41, 5.74) is 2.01. The molecule has 2 atom stereocenters. The Labute approximate surface area is 110 Å². The van der Waals surface area contributed by atoms with Crippen molar-refractivity contribution in [3.63, 3.8) is 0 Å². The third-order valence-corrected chi connectivity index (χ3v) is 3.87. The summed E-state index contributed by atoms with van der Waals surface area (Å²) in [4.78, 5) is 2.25. The summed E-state index contributed by atoms with van der Waals surface area (Å²) in [6.45, 7) is 5.77. The molecular formula is C15H24N2O. The zero-order valence-electron chi connectivity index (χ0n) is 11.6. The quantitative estimate of drug-likeness (QED) is 0.858. The van der Waals surface area contributed by atoms with Crippen molar-refractivity contribution in [3.05, 3.63) is 29.8 Å². The van der Waals surface area contributed by atoms with Crippen LogP contribution in [0.15, 0.2) is 24.3 Å². The maximum Gasteiger partial charge on any atom is 0.0810 e. The van der Waals surface area contributed by atoms with Gasteiger partial charge in [-0.05, 0) is 44.5 Å². The minimum atomic E-state index is -0.532. The molecule has 1 aliphatic heterocycles. The molecule has 1 heterocycles. The van der Waals surface area contributed by atoms with Gasteiger partial charge in [0.2, 0.25) is 0 Å². The van der Waals surface area contributed by atoms with Gasteiger partial charge in [-0.15, -0.1) is 0 Å². The molecule has 0 bridgehead atoms. The number of benzene rings is 1. The van der Waals surface area contributed by atoms with E-state index in [4.69, 9.17) is 0 Å². The van der Waals surface area contributed by atoms with Gasteiger partial charge in [0.25, 0.3) is 0 Å². The van der Waals surface area contributed by atoms with Crippen molar-refractivity contribution >= 4 is 5.69 Å². The fraction of sp³-hybridized carbons (Fsp3) is 0.600. The van der Waals surface area contributed by atoms with Gasteiger partial charge in [-0.2, -0.15) is 0 Å². The van der Waals surface area contributed by atoms with Crippen LogP contribution in [-0.2, 0) is 0 Å². The molecule has 0 spiro atoms. The lowest BCUT2D eigenvalue weighted by Gasteiger charge is -2.22. The Bertz CT molecular complexity index is 382. The van der Waals surface area contributed by atoms with Crippen LogP contribution in [0.3, 0.4) is 0 Å². The molecule has 1 aromatic carbocycles. The molecule has 2 rings (SSSR count). The Balaban J connectivity index is 2.08. The molecule has 1 aromatic rings. The molecule has 0 saturated carbocycles. The minimum absolute atomic E-state index is 0.431. The monoisotopic (exact) mass is 248 g/mol. The Morgan fingerprint density at radius 3 is 2.50 bits per heavy atom. The topological polar surface area (TPSA) is 35.5 Å². The van der Waals surface area contributed by atoms with Gasteiger partial charge in [-0.25, -0.2) is 0 Å². The fourth-order valence-corrected chi connectivity index (χ4v) is 2.69. The van der Waals surface area contributed by atoms with Crippen molar-refractivity contribution in [1.82, 2.24) is 5.32 Å². The van der Waals surface area contributed by atoms with E-state index in [2.05, 4.69) is 41.4 Å². The van der Waals surface area contributed by atoms with E-state index in [9.17, 15) is 5.11 Å². The molecule has 18 heavy (non-hydrogen) atoms. The summed E-state index contributed by atoms with van der Waals surface area (Å²) < 4.78 is 0. The maximum absolute atomic E-state index is 9.99. The van der Waals surface area contributed by atoms with E-state index in [0.29, 0.717) is 6.04 Å². The van der Waals surface area contributed by atoms with Gasteiger partial charge in [0.1, 0.15) is 0 Å². The van der Waals surface area contributed by atoms with Crippen LogP contribution < -0.4 is 10.2 Å². The van der Waals surface area contributed by atoms with Crippen LogP contribution in [0.4, 0.5) is 5.69 Å². The molecule has 2 N–H and O–H groups in total. The first-order valence-corrected chi connectivity index (χ1v) is 6.80. The minimum Gasteiger partial charge on any atom is -0.388 e. The summed E-state index contributed by atoms with van der Waals surface area (Å²) in [6, 6.07) is 9.13. The zero-order chi connectivity index (χ0) is 13.2. The molecule has 1 aliphatic rings. The van der Waals surface area contributed by atoms with Crippen LogP contribution in [0.5, 0.6) is 0 Å². The first-order valence-electron chi connectivity index (χ1n) is 6.80. The second kappa shape index (κ2) is 5.29. The normalized spacial score (nSPS) is 25.4. The number of anilines is 1. The van der Waals surface area contributed by atoms with Gasteiger partial charge in [0.05, 0.1) is 5.60 Å². The number of β-amino-alcohol motifs (C(OH)–C–C–N with tert-alkyl or cyclic N) is 1. The summed E-state index contributed by atoms with van der Waals surface area (Å²) in [5, 5.41) is 13.3. The molecule has 0 radical (unpaired) electrons. The molecule has 0 aliphatic carbocycles. The van der Waals surface area contributed by atoms with Crippen molar-refractivity contribution in [2.45, 2.75) is 38.3 Å². The van der Waals surface area contributed by atoms with Crippen molar-refractivity contribution in [3.8, 4) is 0 Å². The first kappa shape index (κ1) is 13.4. The van der Waals surface area contributed by atoms with E-state index >= 15 is 0 Å². The smallest absolute Gasteiger partial charge is 0.0810 e. The Morgan fingerprint density at radius 2 is 2.06 bits per heavy atom. The Morgan fingerprint density at radius 1 is 1.39 bits per heavy atom. The maximum atomic E-state index is 9.99. The van der Waals surface area contributed by atoms with Crippen molar-refractivity contribution < 1.29 is 5.11 Å². The number of nitrogens with one attached hydrogen (secondary N) is 1. The van der Waals surface area contributed by atoms with Crippen LogP contribution in [0.25, 0.3) is 0 Å². The van der Waals surface area contributed by atoms with Gasteiger partial charge >= 0.3 is 0 Å². The number of hydrogen-bond donors (Lipinski definition) is 2. The lowest BCUT2D eigenvalue weighted by Crippen LogP contribution is -2.29. The predicted octanol–water partition coefficient (Wildman–Crippen LogP) is 2.32. The fourth-order valence-electron chi connectivity index (χ4n) is 2.69. The molecule has 2 unspecified atom stereocenters. The lowest BCUT2D eigenvalue weighted by atomic mass is 10.0. The van der Waals surface area contributed by atoms with Gasteiger partial charge in [-0.1, -0.05) is 19.1 Å². The molecule has 3 nitrogen and oxygen atoms in total. The van der Waals surface area contributed by atoms with Crippen molar-refractivity contribution in [1.29, 1.82) is 0 Å². The molecule has 0 amide bonds. The average Bonchev–Trinajstić information content (AvgIpc) is 2.72. The van der Waals surface area contributed by atoms with E-state index < -0.39 is 5.60 Å². The second-order valence-corrected chi connectivity index (χ2v) is 5.51. The third kappa shape index (κ3) is 2.85. The molecule has 1 fully saturated rings. The van der Waals surface area contributed by atoms with E-state index in [1.54, 1.807) is 0 Å². The van der Waals surface area contributed by atoms with Crippen LogP contribution in [-0.4, -0.2) is 30.8 Å². The Kier molecular flexibility index (Phi) is 3.93. The van der Waals surface area contributed by atoms with Gasteiger partial charge in [-0.3, -0.25) is 0 Å². The highest BCUT2D eigenvalue weighted by molar-refractivity contribution is 5.49. The van der Waals surface area contributed by atoms with E-state index in [0.717, 1.165) is 25.9 Å². The molecule has 3 heteroatoms. The molecule has 0 aromatic heterocycles. The van der Waals surface area contributed by atoms with E-state index in [1.165, 1.54) is 11.3 Å². The Hall–Kier alpha value is -1.06. The van der Waals surface area contributed by atoms with Crippen LogP contribution in [0.2, 0.25) is 0 Å². The standard InChI is InChI=1S/C15H24N2O/c1-4-14(16-3)12-5-7-13(8-6-12)17-10-9-15(2,18)11-17/h5-8,14,16,18H,4,9-11H2,1-3H3. The highest BCUT2D eigenvalue weighted by atomic mass is 16.3. The van der Waals surface area contributed by atoms with Crippen LogP contribution >= 0.6 is 0 Å². The van der Waals surface area contributed by atoms with Crippen LogP contribution in [0.1, 0.15) is 38.3 Å². The van der Waals surface area contributed by atoms with Crippen molar-refractivity contribution in [2.24, 2.45) is 0 Å². The number of rotatable bonds is 4. The highest BCUT2D eigenvalue weighted by Gasteiger charge is 2.31. The van der Waals surface area contributed by atoms with Crippen LogP contribution in [0, 0.1) is 0 Å². The third-order valence-electron chi connectivity index (χ3n) is 3.87. The number of hydrogen-bond acceptors (Lipinski definition) is 3. The predicted molar refractivity (Wildman–Crippen MR) is 76.0 cm³/mol. The second-order valence-electron chi connectivity index (χ2n) is 5.51. The molecule has 1 saturated heterocycles. The SMILES string of the molecule is CCC(NC)c1ccc(N2CCC(C)(O)C2)cc1. The van der Waals surface area contributed by atoms with Gasteiger partial charge < -0.3 is 15.3 Å². The van der Waals surface area contributed by atoms with E-state index in [1.807, 2.05) is 14.0 Å². The molecule has 100 valence electrons. The summed E-state index contributed by atoms with van der Waals surface area (Å²) >= 11 is 0. The van der Waals surface area contributed by atoms with Gasteiger partial charge in [0, 0.05) is 24.8 Å². The number of aliphatic hydroxyl groups is 1. The summed E-state index contributed by atoms with van der Waals surface area (Å²) in [7, 11) is 2.00. The van der Waals surface area contributed by atoms with Crippen molar-refractivity contribution in [2.75, 3.05) is 25.0 Å².